The third kappa shape index (κ3) is 2.62. The van der Waals surface area contributed by atoms with E-state index in [0.717, 1.165) is 27.5 Å². The van der Waals surface area contributed by atoms with Gasteiger partial charge in [-0.2, -0.15) is 0 Å². The van der Waals surface area contributed by atoms with Crippen molar-refractivity contribution < 1.29 is 0 Å². The molecular weight excluding hydrogens is 334 g/mol. The molecule has 0 saturated carbocycles. The Bertz CT molecular complexity index is 1310. The second kappa shape index (κ2) is 6.25. The molecule has 0 aliphatic heterocycles. The number of fused-ring (bicyclic) bond motifs is 2. The number of hydrogen-bond donors (Lipinski definition) is 1. The van der Waals surface area contributed by atoms with E-state index >= 15 is 0 Å². The Balaban J connectivity index is 1.66. The maximum atomic E-state index is 12.9. The lowest BCUT2D eigenvalue weighted by Gasteiger charge is -2.06. The number of benzene rings is 3. The van der Waals surface area contributed by atoms with Crippen molar-refractivity contribution in [2.24, 2.45) is 0 Å². The lowest BCUT2D eigenvalue weighted by atomic mass is 10.0. The highest BCUT2D eigenvalue weighted by atomic mass is 16.1. The molecule has 0 unspecified atom stereocenters. The minimum atomic E-state index is -0.0599. The molecule has 0 bridgehead atoms. The molecule has 5 rings (SSSR count). The lowest BCUT2D eigenvalue weighted by Crippen LogP contribution is -2.19. The molecule has 0 spiro atoms. The Labute approximate surface area is 155 Å². The van der Waals surface area contributed by atoms with E-state index in [-0.39, 0.29) is 5.56 Å². The van der Waals surface area contributed by atoms with Crippen LogP contribution in [0.15, 0.2) is 90.0 Å². The second-order valence-corrected chi connectivity index (χ2v) is 6.62. The van der Waals surface area contributed by atoms with Crippen molar-refractivity contribution in [1.29, 1.82) is 0 Å². The molecule has 1 N–H and O–H groups in total. The van der Waals surface area contributed by atoms with Crippen molar-refractivity contribution in [3.8, 4) is 11.1 Å². The zero-order valence-corrected chi connectivity index (χ0v) is 14.6. The van der Waals surface area contributed by atoms with E-state index < -0.39 is 0 Å². The smallest absolute Gasteiger partial charge is 0.276 e. The summed E-state index contributed by atoms with van der Waals surface area (Å²) >= 11 is 0. The number of nitrogens with one attached hydrogen (secondary N) is 1. The van der Waals surface area contributed by atoms with Gasteiger partial charge in [0.1, 0.15) is 0 Å². The number of aromatic nitrogens is 3. The molecule has 27 heavy (non-hydrogen) atoms. The molecule has 0 aliphatic rings. The highest BCUT2D eigenvalue weighted by Crippen LogP contribution is 2.30. The summed E-state index contributed by atoms with van der Waals surface area (Å²) < 4.78 is 1.54. The van der Waals surface area contributed by atoms with Gasteiger partial charge in [0.15, 0.2) is 5.65 Å². The molecule has 0 saturated heterocycles. The highest BCUT2D eigenvalue weighted by Gasteiger charge is 2.13. The molecule has 130 valence electrons. The Kier molecular flexibility index (Phi) is 3.61. The van der Waals surface area contributed by atoms with Gasteiger partial charge in [-0.15, -0.1) is 0 Å². The fourth-order valence-corrected chi connectivity index (χ4v) is 3.59. The molecule has 0 aliphatic carbocycles. The maximum Gasteiger partial charge on any atom is 0.276 e. The highest BCUT2D eigenvalue weighted by molar-refractivity contribution is 5.99. The van der Waals surface area contributed by atoms with Crippen LogP contribution in [0.2, 0.25) is 0 Å². The number of hydrogen-bond acceptors (Lipinski definition) is 2. The van der Waals surface area contributed by atoms with Gasteiger partial charge >= 0.3 is 0 Å². The summed E-state index contributed by atoms with van der Waals surface area (Å²) in [6, 6.07) is 24.4. The summed E-state index contributed by atoms with van der Waals surface area (Å²) in [4.78, 5) is 17.5. The predicted octanol–water partition coefficient (Wildman–Crippen LogP) is 4.43. The topological polar surface area (TPSA) is 50.2 Å². The van der Waals surface area contributed by atoms with Gasteiger partial charge in [0.2, 0.25) is 0 Å². The maximum absolute atomic E-state index is 12.9. The van der Waals surface area contributed by atoms with Gasteiger partial charge in [-0.1, -0.05) is 72.8 Å². The quantitative estimate of drug-likeness (QED) is 0.523. The standard InChI is InChI=1S/C23H17N3O/c27-23-18(13-16-7-2-1-3-8-16)14-24-22-21(15-25-26(22)23)20-12-6-10-17-9-4-5-11-19(17)20/h1-12,14-15,25H,13H2. The van der Waals surface area contributed by atoms with Gasteiger partial charge in [0.25, 0.3) is 5.56 Å². The van der Waals surface area contributed by atoms with E-state index in [2.05, 4.69) is 34.3 Å². The van der Waals surface area contributed by atoms with Crippen molar-refractivity contribution in [1.82, 2.24) is 14.6 Å². The van der Waals surface area contributed by atoms with Crippen molar-refractivity contribution in [2.45, 2.75) is 6.42 Å². The van der Waals surface area contributed by atoms with Crippen LogP contribution in [0.4, 0.5) is 0 Å². The normalized spacial score (nSPS) is 11.3. The molecule has 2 aromatic heterocycles. The van der Waals surface area contributed by atoms with Gasteiger partial charge in [-0.25, -0.2) is 9.50 Å². The van der Waals surface area contributed by atoms with E-state index in [9.17, 15) is 4.79 Å². The van der Waals surface area contributed by atoms with E-state index in [1.807, 2.05) is 54.7 Å². The zero-order valence-electron chi connectivity index (χ0n) is 14.6. The van der Waals surface area contributed by atoms with Crippen LogP contribution in [-0.4, -0.2) is 14.6 Å². The Hall–Kier alpha value is -3.66. The molecule has 0 radical (unpaired) electrons. The van der Waals surface area contributed by atoms with Crippen molar-refractivity contribution >= 4 is 16.4 Å². The average molecular weight is 351 g/mol. The molecule has 4 heteroatoms. The summed E-state index contributed by atoms with van der Waals surface area (Å²) in [5.41, 5.74) is 4.34. The second-order valence-electron chi connectivity index (χ2n) is 6.62. The third-order valence-electron chi connectivity index (χ3n) is 4.93. The number of rotatable bonds is 3. The first kappa shape index (κ1) is 15.6. The molecule has 0 amide bonds. The molecule has 0 atom stereocenters. The van der Waals surface area contributed by atoms with E-state index in [4.69, 9.17) is 0 Å². The van der Waals surface area contributed by atoms with Gasteiger partial charge < -0.3 is 0 Å². The first-order chi connectivity index (χ1) is 13.3. The largest absolute Gasteiger partial charge is 0.296 e. The minimum Gasteiger partial charge on any atom is -0.296 e. The van der Waals surface area contributed by atoms with Crippen molar-refractivity contribution in [2.75, 3.05) is 0 Å². The van der Waals surface area contributed by atoms with Crippen LogP contribution in [0.5, 0.6) is 0 Å². The van der Waals surface area contributed by atoms with Crippen LogP contribution in [-0.2, 0) is 6.42 Å². The SMILES string of the molecule is O=c1c(Cc2ccccc2)cnc2c(-c3cccc4ccccc34)c[nH]n12. The zero-order chi connectivity index (χ0) is 18.2. The molecule has 2 heterocycles. The van der Waals surface area contributed by atoms with Gasteiger partial charge in [-0.05, 0) is 21.9 Å². The molecule has 3 aromatic carbocycles. The van der Waals surface area contributed by atoms with Crippen LogP contribution in [0.25, 0.3) is 27.5 Å². The van der Waals surface area contributed by atoms with Crippen LogP contribution in [0, 0.1) is 0 Å². The fourth-order valence-electron chi connectivity index (χ4n) is 3.59. The first-order valence-corrected chi connectivity index (χ1v) is 8.91. The molecule has 0 fully saturated rings. The van der Waals surface area contributed by atoms with Crippen molar-refractivity contribution in [3.05, 3.63) is 107 Å². The lowest BCUT2D eigenvalue weighted by molar-refractivity contribution is 0.873. The third-order valence-corrected chi connectivity index (χ3v) is 4.93. The van der Waals surface area contributed by atoms with Gasteiger partial charge in [0.05, 0.1) is 0 Å². The summed E-state index contributed by atoms with van der Waals surface area (Å²) in [5.74, 6) is 0. The van der Waals surface area contributed by atoms with E-state index in [1.165, 1.54) is 4.52 Å². The van der Waals surface area contributed by atoms with Gasteiger partial charge in [0, 0.05) is 29.9 Å². The predicted molar refractivity (Wildman–Crippen MR) is 108 cm³/mol. The number of aromatic amines is 1. The summed E-state index contributed by atoms with van der Waals surface area (Å²) in [6.45, 7) is 0. The minimum absolute atomic E-state index is 0.0599. The number of nitrogens with zero attached hydrogens (tertiary/aromatic N) is 2. The van der Waals surface area contributed by atoms with E-state index in [1.54, 1.807) is 6.20 Å². The summed E-state index contributed by atoms with van der Waals surface area (Å²) in [5, 5.41) is 5.39. The summed E-state index contributed by atoms with van der Waals surface area (Å²) in [6.07, 6.45) is 4.13. The van der Waals surface area contributed by atoms with Gasteiger partial charge in [-0.3, -0.25) is 9.89 Å². The van der Waals surface area contributed by atoms with Crippen LogP contribution in [0.3, 0.4) is 0 Å². The number of H-pyrrole nitrogens is 1. The Morgan fingerprint density at radius 1 is 0.852 bits per heavy atom. The van der Waals surface area contributed by atoms with Crippen LogP contribution >= 0.6 is 0 Å². The van der Waals surface area contributed by atoms with Crippen LogP contribution in [0.1, 0.15) is 11.1 Å². The molecule has 4 nitrogen and oxygen atoms in total. The fraction of sp³-hybridized carbons (Fsp3) is 0.0435. The molecular formula is C23H17N3O. The van der Waals surface area contributed by atoms with Crippen molar-refractivity contribution in [3.63, 3.8) is 0 Å². The molecule has 5 aromatic rings. The van der Waals surface area contributed by atoms with Crippen LogP contribution < -0.4 is 5.56 Å². The van der Waals surface area contributed by atoms with E-state index in [0.29, 0.717) is 17.6 Å². The Morgan fingerprint density at radius 3 is 2.52 bits per heavy atom. The summed E-state index contributed by atoms with van der Waals surface area (Å²) in [7, 11) is 0. The monoisotopic (exact) mass is 351 g/mol. The first-order valence-electron chi connectivity index (χ1n) is 8.91. The average Bonchev–Trinajstić information content (AvgIpc) is 3.15. The Morgan fingerprint density at radius 2 is 1.63 bits per heavy atom.